The molecule has 4 rings (SSSR count). The normalized spacial score (nSPS) is 11.9. The van der Waals surface area contributed by atoms with E-state index in [0.717, 1.165) is 28.1 Å². The molecule has 6 heteroatoms. The van der Waals surface area contributed by atoms with Crippen LogP contribution in [0.4, 0.5) is 13.2 Å². The van der Waals surface area contributed by atoms with E-state index in [1.165, 1.54) is 19.1 Å². The number of fused-ring (bicyclic) bond motifs is 1. The third-order valence-corrected chi connectivity index (χ3v) is 4.72. The number of alkyl halides is 3. The van der Waals surface area contributed by atoms with Gasteiger partial charge in [-0.05, 0) is 66.1 Å². The lowest BCUT2D eigenvalue weighted by molar-refractivity contribution is -0.138. The molecule has 0 N–H and O–H groups in total. The highest BCUT2D eigenvalue weighted by molar-refractivity contribution is 6.30. The molecular weight excluding hydrogens is 373 g/mol. The maximum atomic E-state index is 13.0. The summed E-state index contributed by atoms with van der Waals surface area (Å²) in [4.78, 5) is 0. The summed E-state index contributed by atoms with van der Waals surface area (Å²) in [7, 11) is 0. The quantitative estimate of drug-likeness (QED) is 0.376. The van der Waals surface area contributed by atoms with Gasteiger partial charge in [-0.25, -0.2) is 4.68 Å². The first kappa shape index (κ1) is 17.6. The van der Waals surface area contributed by atoms with Crippen LogP contribution in [0.1, 0.15) is 11.1 Å². The third-order valence-electron chi connectivity index (χ3n) is 4.49. The second kappa shape index (κ2) is 6.43. The van der Waals surface area contributed by atoms with Crippen LogP contribution >= 0.6 is 11.6 Å². The average molecular weight is 387 g/mol. The summed E-state index contributed by atoms with van der Waals surface area (Å²) in [5, 5.41) is 5.91. The van der Waals surface area contributed by atoms with Crippen LogP contribution in [0.2, 0.25) is 5.02 Å². The summed E-state index contributed by atoms with van der Waals surface area (Å²) in [6, 6.07) is 17.4. The predicted molar refractivity (Wildman–Crippen MR) is 101 cm³/mol. The fourth-order valence-corrected chi connectivity index (χ4v) is 3.37. The average Bonchev–Trinajstić information content (AvgIpc) is 3.03. The molecule has 0 unspecified atom stereocenters. The largest absolute Gasteiger partial charge is 0.416 e. The van der Waals surface area contributed by atoms with Gasteiger partial charge in [0.15, 0.2) is 0 Å². The molecule has 0 aliphatic rings. The van der Waals surface area contributed by atoms with Crippen molar-refractivity contribution in [1.82, 2.24) is 9.78 Å². The zero-order valence-corrected chi connectivity index (χ0v) is 15.0. The summed E-state index contributed by atoms with van der Waals surface area (Å²) in [6.07, 6.45) is -2.66. The molecule has 0 saturated heterocycles. The van der Waals surface area contributed by atoms with Crippen molar-refractivity contribution >= 4 is 22.5 Å². The van der Waals surface area contributed by atoms with Crippen LogP contribution in [0.3, 0.4) is 0 Å². The zero-order valence-electron chi connectivity index (χ0n) is 14.3. The number of halogens is 4. The van der Waals surface area contributed by atoms with E-state index >= 15 is 0 Å². The fraction of sp³-hybridized carbons (Fsp3) is 0.0952. The van der Waals surface area contributed by atoms with Gasteiger partial charge in [-0.2, -0.15) is 18.3 Å². The van der Waals surface area contributed by atoms with Crippen LogP contribution in [-0.4, -0.2) is 9.78 Å². The van der Waals surface area contributed by atoms with E-state index in [1.807, 2.05) is 42.5 Å². The molecule has 27 heavy (non-hydrogen) atoms. The molecule has 1 heterocycles. The monoisotopic (exact) mass is 386 g/mol. The number of hydrogen-bond donors (Lipinski definition) is 0. The summed E-state index contributed by atoms with van der Waals surface area (Å²) in [5.41, 5.74) is 2.92. The molecule has 0 fully saturated rings. The first-order chi connectivity index (χ1) is 12.8. The van der Waals surface area contributed by atoms with Crippen LogP contribution in [-0.2, 0) is 6.18 Å². The third kappa shape index (κ3) is 3.30. The Morgan fingerprint density at radius 2 is 1.70 bits per heavy atom. The van der Waals surface area contributed by atoms with Gasteiger partial charge in [-0.3, -0.25) is 0 Å². The van der Waals surface area contributed by atoms with Crippen LogP contribution in [0.25, 0.3) is 27.7 Å². The van der Waals surface area contributed by atoms with Crippen LogP contribution in [0.15, 0.2) is 66.9 Å². The molecular formula is C21H14ClF3N2. The Hall–Kier alpha value is -2.79. The molecule has 3 aromatic carbocycles. The number of benzene rings is 3. The number of nitrogens with zero attached hydrogens (tertiary/aromatic N) is 2. The van der Waals surface area contributed by atoms with E-state index < -0.39 is 11.7 Å². The Bertz CT molecular complexity index is 1150. The van der Waals surface area contributed by atoms with Crippen molar-refractivity contribution in [3.05, 3.63) is 83.0 Å². The second-order valence-corrected chi connectivity index (χ2v) is 6.77. The van der Waals surface area contributed by atoms with Crippen LogP contribution in [0, 0.1) is 6.92 Å². The molecule has 136 valence electrons. The highest BCUT2D eigenvalue weighted by atomic mass is 35.5. The maximum absolute atomic E-state index is 13.0. The number of aromatic nitrogens is 2. The van der Waals surface area contributed by atoms with Gasteiger partial charge in [0.2, 0.25) is 0 Å². The Labute approximate surface area is 158 Å². The Balaban J connectivity index is 1.77. The summed E-state index contributed by atoms with van der Waals surface area (Å²) in [5.74, 6) is 0. The number of rotatable bonds is 2. The maximum Gasteiger partial charge on any atom is 0.416 e. The Morgan fingerprint density at radius 1 is 0.926 bits per heavy atom. The van der Waals surface area contributed by atoms with E-state index in [-0.39, 0.29) is 5.56 Å². The SMILES string of the molecule is Cc1cc(-n2ncc3cc(-c4cccc(Cl)c4)ccc32)ccc1C(F)(F)F. The Morgan fingerprint density at radius 3 is 2.41 bits per heavy atom. The molecule has 1 aromatic heterocycles. The van der Waals surface area contributed by atoms with Gasteiger partial charge in [0.1, 0.15) is 0 Å². The first-order valence-electron chi connectivity index (χ1n) is 8.25. The van der Waals surface area contributed by atoms with Gasteiger partial charge in [0.25, 0.3) is 0 Å². The summed E-state index contributed by atoms with van der Waals surface area (Å²) in [6.45, 7) is 1.45. The lowest BCUT2D eigenvalue weighted by Crippen LogP contribution is -2.08. The fourth-order valence-electron chi connectivity index (χ4n) is 3.18. The molecule has 4 aromatic rings. The first-order valence-corrected chi connectivity index (χ1v) is 8.63. The van der Waals surface area contributed by atoms with Crippen molar-refractivity contribution in [3.63, 3.8) is 0 Å². The molecule has 0 radical (unpaired) electrons. The standard InChI is InChI=1S/C21H14ClF3N2/c1-13-9-18(6-7-19(13)21(23,24)25)27-20-8-5-15(10-16(20)12-26-27)14-3-2-4-17(22)11-14/h2-12H,1H3. The minimum absolute atomic E-state index is 0.166. The van der Waals surface area contributed by atoms with E-state index in [2.05, 4.69) is 5.10 Å². The highest BCUT2D eigenvalue weighted by Gasteiger charge is 2.32. The van der Waals surface area contributed by atoms with E-state index in [9.17, 15) is 13.2 Å². The highest BCUT2D eigenvalue weighted by Crippen LogP contribution is 2.33. The molecule has 0 aliphatic carbocycles. The molecule has 0 atom stereocenters. The number of hydrogen-bond acceptors (Lipinski definition) is 1. The molecule has 0 saturated carbocycles. The summed E-state index contributed by atoms with van der Waals surface area (Å²) >= 11 is 6.06. The van der Waals surface area contributed by atoms with Crippen molar-refractivity contribution in [2.24, 2.45) is 0 Å². The lowest BCUT2D eigenvalue weighted by atomic mass is 10.0. The lowest BCUT2D eigenvalue weighted by Gasteiger charge is -2.12. The van der Waals surface area contributed by atoms with Crippen molar-refractivity contribution in [2.75, 3.05) is 0 Å². The number of aryl methyl sites for hydroxylation is 1. The van der Waals surface area contributed by atoms with E-state index in [4.69, 9.17) is 11.6 Å². The summed E-state index contributed by atoms with van der Waals surface area (Å²) < 4.78 is 40.6. The molecule has 0 amide bonds. The molecule has 0 aliphatic heterocycles. The van der Waals surface area contributed by atoms with Gasteiger partial charge in [0.05, 0.1) is 23.0 Å². The van der Waals surface area contributed by atoms with Crippen molar-refractivity contribution in [1.29, 1.82) is 0 Å². The van der Waals surface area contributed by atoms with Crippen LogP contribution < -0.4 is 0 Å². The predicted octanol–water partition coefficient (Wildman–Crippen LogP) is 6.67. The second-order valence-electron chi connectivity index (χ2n) is 6.34. The van der Waals surface area contributed by atoms with Crippen molar-refractivity contribution < 1.29 is 13.2 Å². The van der Waals surface area contributed by atoms with Crippen molar-refractivity contribution in [2.45, 2.75) is 13.1 Å². The minimum atomic E-state index is -4.36. The van der Waals surface area contributed by atoms with Crippen LogP contribution in [0.5, 0.6) is 0 Å². The Kier molecular flexibility index (Phi) is 4.19. The van der Waals surface area contributed by atoms with E-state index in [0.29, 0.717) is 10.7 Å². The molecule has 0 bridgehead atoms. The van der Waals surface area contributed by atoms with Gasteiger partial charge >= 0.3 is 6.18 Å². The molecule has 2 nitrogen and oxygen atoms in total. The van der Waals surface area contributed by atoms with Crippen molar-refractivity contribution in [3.8, 4) is 16.8 Å². The van der Waals surface area contributed by atoms with Gasteiger partial charge in [-0.15, -0.1) is 0 Å². The van der Waals surface area contributed by atoms with Gasteiger partial charge in [0, 0.05) is 10.4 Å². The minimum Gasteiger partial charge on any atom is -0.233 e. The van der Waals surface area contributed by atoms with Gasteiger partial charge in [-0.1, -0.05) is 29.8 Å². The van der Waals surface area contributed by atoms with Gasteiger partial charge < -0.3 is 0 Å². The smallest absolute Gasteiger partial charge is 0.233 e. The topological polar surface area (TPSA) is 17.8 Å². The molecule has 0 spiro atoms. The zero-order chi connectivity index (χ0) is 19.2. The van der Waals surface area contributed by atoms with E-state index in [1.54, 1.807) is 10.9 Å².